The van der Waals surface area contributed by atoms with Crippen LogP contribution in [-0.4, -0.2) is 22.0 Å². The Morgan fingerprint density at radius 2 is 1.71 bits per heavy atom. The summed E-state index contributed by atoms with van der Waals surface area (Å²) in [5.74, 6) is 2.74. The summed E-state index contributed by atoms with van der Waals surface area (Å²) in [5, 5.41) is 2.41. The van der Waals surface area contributed by atoms with Gasteiger partial charge in [-0.05, 0) is 31.0 Å². The molecule has 0 bridgehead atoms. The smallest absolute Gasteiger partial charge is 0.228 e. The molecule has 0 aliphatic carbocycles. The maximum Gasteiger partial charge on any atom is 0.228 e. The second-order valence-corrected chi connectivity index (χ2v) is 7.93. The molecule has 106 valence electrons. The van der Waals surface area contributed by atoms with Gasteiger partial charge < -0.3 is 0 Å². The van der Waals surface area contributed by atoms with Crippen LogP contribution < -0.4 is 0 Å². The molecule has 2 heterocycles. The van der Waals surface area contributed by atoms with Crippen LogP contribution >= 0.6 is 0 Å². The van der Waals surface area contributed by atoms with Crippen molar-refractivity contribution in [1.82, 2.24) is 4.57 Å². The van der Waals surface area contributed by atoms with E-state index >= 15 is 0 Å². The lowest BCUT2D eigenvalue weighted by Crippen LogP contribution is -2.05. The van der Waals surface area contributed by atoms with Gasteiger partial charge in [0.1, 0.15) is 11.5 Å². The monoisotopic (exact) mass is 296 g/mol. The number of benzene rings is 2. The SMILES string of the molecule is CC(=O)n1c2ccccc2c2cc([S+]3CCCC3)ccc21. The summed E-state index contributed by atoms with van der Waals surface area (Å²) in [6.07, 6.45) is 2.71. The predicted molar refractivity (Wildman–Crippen MR) is 90.3 cm³/mol. The third kappa shape index (κ3) is 1.99. The van der Waals surface area contributed by atoms with Gasteiger partial charge >= 0.3 is 0 Å². The molecule has 4 rings (SSSR count). The zero-order valence-electron chi connectivity index (χ0n) is 12.1. The largest absolute Gasteiger partial charge is 0.280 e. The molecule has 0 N–H and O–H groups in total. The highest BCUT2D eigenvalue weighted by molar-refractivity contribution is 7.97. The van der Waals surface area contributed by atoms with Crippen LogP contribution in [0.25, 0.3) is 21.8 Å². The number of nitrogens with zero attached hydrogens (tertiary/aromatic N) is 1. The summed E-state index contributed by atoms with van der Waals surface area (Å²) in [7, 11) is 0.415. The van der Waals surface area contributed by atoms with Gasteiger partial charge in [0, 0.05) is 34.7 Å². The van der Waals surface area contributed by atoms with Crippen LogP contribution in [-0.2, 0) is 10.9 Å². The second kappa shape index (κ2) is 4.92. The molecule has 1 saturated heterocycles. The van der Waals surface area contributed by atoms with Gasteiger partial charge in [0.05, 0.1) is 11.0 Å². The van der Waals surface area contributed by atoms with Crippen LogP contribution in [0, 0.1) is 0 Å². The van der Waals surface area contributed by atoms with E-state index in [0.29, 0.717) is 10.9 Å². The minimum absolute atomic E-state index is 0.0808. The number of hydrogen-bond donors (Lipinski definition) is 0. The average molecular weight is 296 g/mol. The number of carbonyl (C=O) groups excluding carboxylic acids is 1. The van der Waals surface area contributed by atoms with Gasteiger partial charge in [0.15, 0.2) is 4.90 Å². The fourth-order valence-corrected chi connectivity index (χ4v) is 5.69. The van der Waals surface area contributed by atoms with Crippen molar-refractivity contribution >= 4 is 38.6 Å². The summed E-state index contributed by atoms with van der Waals surface area (Å²) >= 11 is 0. The highest BCUT2D eigenvalue weighted by atomic mass is 32.2. The molecule has 2 nitrogen and oxygen atoms in total. The van der Waals surface area contributed by atoms with Crippen LogP contribution in [0.3, 0.4) is 0 Å². The fourth-order valence-electron chi connectivity index (χ4n) is 3.36. The Morgan fingerprint density at radius 3 is 2.48 bits per heavy atom. The van der Waals surface area contributed by atoms with Gasteiger partial charge in [0.25, 0.3) is 0 Å². The third-order valence-electron chi connectivity index (χ3n) is 4.32. The molecular weight excluding hydrogens is 278 g/mol. The Kier molecular flexibility index (Phi) is 3.03. The van der Waals surface area contributed by atoms with Crippen LogP contribution in [0.1, 0.15) is 24.6 Å². The van der Waals surface area contributed by atoms with Gasteiger partial charge in [-0.15, -0.1) is 0 Å². The topological polar surface area (TPSA) is 22.0 Å². The summed E-state index contributed by atoms with van der Waals surface area (Å²) in [5.41, 5.74) is 2.06. The molecule has 3 heteroatoms. The fraction of sp³-hybridized carbons (Fsp3) is 0.278. The zero-order chi connectivity index (χ0) is 14.4. The van der Waals surface area contributed by atoms with Gasteiger partial charge in [-0.2, -0.15) is 0 Å². The molecular formula is C18H18NOS+. The molecule has 1 aliphatic rings. The van der Waals surface area contributed by atoms with Crippen LogP contribution in [0.15, 0.2) is 47.4 Å². The molecule has 0 unspecified atom stereocenters. The first-order valence-electron chi connectivity index (χ1n) is 7.47. The number of para-hydroxylation sites is 1. The van der Waals surface area contributed by atoms with Crippen molar-refractivity contribution in [3.63, 3.8) is 0 Å². The maximum absolute atomic E-state index is 12.0. The molecule has 0 spiro atoms. The van der Waals surface area contributed by atoms with Crippen LogP contribution in [0.2, 0.25) is 0 Å². The van der Waals surface area contributed by atoms with E-state index in [1.54, 1.807) is 6.92 Å². The normalized spacial score (nSPS) is 16.0. The van der Waals surface area contributed by atoms with Crippen LogP contribution in [0.5, 0.6) is 0 Å². The van der Waals surface area contributed by atoms with E-state index in [-0.39, 0.29) is 5.91 Å². The van der Waals surface area contributed by atoms with E-state index in [0.717, 1.165) is 11.0 Å². The second-order valence-electron chi connectivity index (χ2n) is 5.66. The lowest BCUT2D eigenvalue weighted by molar-refractivity contribution is 0.0946. The van der Waals surface area contributed by atoms with E-state index < -0.39 is 0 Å². The molecule has 0 radical (unpaired) electrons. The number of fused-ring (bicyclic) bond motifs is 3. The molecule has 21 heavy (non-hydrogen) atoms. The number of hydrogen-bond acceptors (Lipinski definition) is 1. The summed E-state index contributed by atoms with van der Waals surface area (Å²) in [4.78, 5) is 13.5. The minimum atomic E-state index is 0.0808. The van der Waals surface area contributed by atoms with Gasteiger partial charge in [-0.25, -0.2) is 0 Å². The van der Waals surface area contributed by atoms with E-state index in [4.69, 9.17) is 0 Å². The van der Waals surface area contributed by atoms with Crippen molar-refractivity contribution in [3.8, 4) is 0 Å². The Morgan fingerprint density at radius 1 is 1.00 bits per heavy atom. The standard InChI is InChI=1S/C18H18NOS/c1-13(20)19-17-7-3-2-6-15(17)16-12-14(8-9-18(16)19)21-10-4-5-11-21/h2-3,6-9,12H,4-5,10-11H2,1H3/q+1. The number of aromatic nitrogens is 1. The maximum atomic E-state index is 12.0. The van der Waals surface area contributed by atoms with Crippen molar-refractivity contribution in [2.45, 2.75) is 24.7 Å². The number of rotatable bonds is 1. The van der Waals surface area contributed by atoms with E-state index in [1.165, 1.54) is 40.0 Å². The molecule has 1 aliphatic heterocycles. The molecule has 2 aromatic carbocycles. The Bertz CT molecular complexity index is 843. The van der Waals surface area contributed by atoms with Crippen molar-refractivity contribution in [1.29, 1.82) is 0 Å². The third-order valence-corrected chi connectivity index (χ3v) is 6.81. The highest BCUT2D eigenvalue weighted by Gasteiger charge is 2.27. The quantitative estimate of drug-likeness (QED) is 0.616. The molecule has 1 aromatic heterocycles. The van der Waals surface area contributed by atoms with Crippen molar-refractivity contribution in [2.75, 3.05) is 11.5 Å². The Balaban J connectivity index is 2.02. The first kappa shape index (κ1) is 13.0. The molecule has 3 aromatic rings. The molecule has 0 atom stereocenters. The molecule has 0 saturated carbocycles. The zero-order valence-corrected chi connectivity index (χ0v) is 13.0. The van der Waals surface area contributed by atoms with E-state index in [9.17, 15) is 4.79 Å². The van der Waals surface area contributed by atoms with E-state index in [1.807, 2.05) is 16.7 Å². The average Bonchev–Trinajstić information content (AvgIpc) is 3.12. The summed E-state index contributed by atoms with van der Waals surface area (Å²) < 4.78 is 1.84. The number of carbonyl (C=O) groups is 1. The summed E-state index contributed by atoms with van der Waals surface area (Å²) in [6.45, 7) is 1.64. The van der Waals surface area contributed by atoms with Crippen molar-refractivity contribution in [2.24, 2.45) is 0 Å². The first-order valence-corrected chi connectivity index (χ1v) is 9.03. The van der Waals surface area contributed by atoms with Crippen molar-refractivity contribution in [3.05, 3.63) is 42.5 Å². The molecule has 0 amide bonds. The Labute approximate surface area is 127 Å². The first-order chi connectivity index (χ1) is 10.3. The van der Waals surface area contributed by atoms with Crippen LogP contribution in [0.4, 0.5) is 0 Å². The van der Waals surface area contributed by atoms with Crippen molar-refractivity contribution < 1.29 is 4.79 Å². The minimum Gasteiger partial charge on any atom is -0.280 e. The van der Waals surface area contributed by atoms with Gasteiger partial charge in [-0.3, -0.25) is 9.36 Å². The lowest BCUT2D eigenvalue weighted by atomic mass is 10.1. The van der Waals surface area contributed by atoms with E-state index in [2.05, 4.69) is 30.3 Å². The highest BCUT2D eigenvalue weighted by Crippen LogP contribution is 2.32. The molecule has 1 fully saturated rings. The lowest BCUT2D eigenvalue weighted by Gasteiger charge is -2.03. The summed E-state index contributed by atoms with van der Waals surface area (Å²) in [6, 6.07) is 14.9. The van der Waals surface area contributed by atoms with Gasteiger partial charge in [0.2, 0.25) is 5.91 Å². The predicted octanol–water partition coefficient (Wildman–Crippen LogP) is 4.23. The van der Waals surface area contributed by atoms with Gasteiger partial charge in [-0.1, -0.05) is 18.2 Å². The Hall–Kier alpha value is -1.74.